The second-order valence-corrected chi connectivity index (χ2v) is 8.05. The van der Waals surface area contributed by atoms with Crippen molar-refractivity contribution < 1.29 is 37.5 Å². The quantitative estimate of drug-likeness (QED) is 0.719. The summed E-state index contributed by atoms with van der Waals surface area (Å²) in [6.45, 7) is 1.29. The minimum atomic E-state index is -5.08. The Hall–Kier alpha value is -3.18. The van der Waals surface area contributed by atoms with Gasteiger partial charge in [-0.3, -0.25) is 14.6 Å². The Morgan fingerprint density at radius 1 is 1.31 bits per heavy atom. The molecule has 32 heavy (non-hydrogen) atoms. The average molecular weight is 456 g/mol. The number of aromatic nitrogens is 1. The van der Waals surface area contributed by atoms with Crippen LogP contribution in [-0.4, -0.2) is 63.4 Å². The highest BCUT2D eigenvalue weighted by Gasteiger charge is 2.46. The lowest BCUT2D eigenvalue weighted by Crippen LogP contribution is -2.50. The first-order valence-electron chi connectivity index (χ1n) is 10.1. The minimum absolute atomic E-state index is 0.207. The molecule has 0 radical (unpaired) electrons. The molecule has 3 aliphatic rings. The van der Waals surface area contributed by atoms with Gasteiger partial charge in [-0.25, -0.2) is 4.79 Å². The Morgan fingerprint density at radius 3 is 2.62 bits per heavy atom. The van der Waals surface area contributed by atoms with Crippen LogP contribution < -0.4 is 5.32 Å². The number of anilines is 1. The van der Waals surface area contributed by atoms with Crippen molar-refractivity contribution in [3.63, 3.8) is 0 Å². The molecule has 174 valence electrons. The first-order chi connectivity index (χ1) is 15.1. The summed E-state index contributed by atoms with van der Waals surface area (Å²) in [5, 5.41) is 13.9. The van der Waals surface area contributed by atoms with Gasteiger partial charge >= 0.3 is 12.1 Å². The monoisotopic (exact) mass is 456 g/mol. The van der Waals surface area contributed by atoms with Crippen LogP contribution in [0.1, 0.15) is 38.5 Å². The van der Waals surface area contributed by atoms with Gasteiger partial charge in [-0.15, -0.1) is 0 Å². The summed E-state index contributed by atoms with van der Waals surface area (Å²) >= 11 is 0. The minimum Gasteiger partial charge on any atom is -0.475 e. The number of piperidine rings is 1. The van der Waals surface area contributed by atoms with E-state index >= 15 is 0 Å². The molecule has 1 aromatic rings. The van der Waals surface area contributed by atoms with E-state index in [1.807, 2.05) is 4.90 Å². The number of halogens is 3. The number of pyridine rings is 1. The number of rotatable bonds is 4. The number of carbonyl (C=O) groups excluding carboxylic acids is 2. The number of carbonyl (C=O) groups is 3. The number of nitrogens with zero attached hydrogens (tertiary/aromatic N) is 3. The molecular formula is C20H23F3N4O5. The van der Waals surface area contributed by atoms with Crippen molar-refractivity contribution in [3.8, 4) is 0 Å². The lowest BCUT2D eigenvalue weighted by atomic mass is 9.87. The molecule has 0 aromatic carbocycles. The number of carboxylic acid groups (broad SMARTS) is 1. The number of oxime groups is 1. The van der Waals surface area contributed by atoms with Crippen LogP contribution in [0.2, 0.25) is 0 Å². The Bertz CT molecular complexity index is 889. The van der Waals surface area contributed by atoms with Crippen molar-refractivity contribution in [2.45, 2.75) is 50.3 Å². The van der Waals surface area contributed by atoms with E-state index in [-0.39, 0.29) is 11.8 Å². The Balaban J connectivity index is 0.000000360. The normalized spacial score (nSPS) is 22.3. The van der Waals surface area contributed by atoms with E-state index in [0.29, 0.717) is 36.7 Å². The number of amides is 2. The second kappa shape index (κ2) is 9.53. The molecule has 3 heterocycles. The molecule has 1 atom stereocenters. The maximum absolute atomic E-state index is 12.4. The summed E-state index contributed by atoms with van der Waals surface area (Å²) in [5.41, 5.74) is 0.459. The number of aliphatic carboxylic acids is 1. The Kier molecular flexibility index (Phi) is 6.99. The molecule has 12 heteroatoms. The predicted octanol–water partition coefficient (Wildman–Crippen LogP) is 2.59. The molecule has 1 aliphatic carbocycles. The number of hydrogen-bond donors (Lipinski definition) is 2. The van der Waals surface area contributed by atoms with E-state index in [1.165, 1.54) is 12.8 Å². The number of hydrogen-bond acceptors (Lipinski definition) is 6. The van der Waals surface area contributed by atoms with Gasteiger partial charge in [0, 0.05) is 25.6 Å². The molecule has 2 amide bonds. The summed E-state index contributed by atoms with van der Waals surface area (Å²) in [4.78, 5) is 45.2. The first kappa shape index (κ1) is 23.5. The molecule has 2 aliphatic heterocycles. The van der Waals surface area contributed by atoms with Crippen molar-refractivity contribution in [1.82, 2.24) is 9.88 Å². The fraction of sp³-hybridized carbons (Fsp3) is 0.550. The van der Waals surface area contributed by atoms with Gasteiger partial charge in [0.25, 0.3) is 5.91 Å². The number of alkyl halides is 3. The zero-order valence-corrected chi connectivity index (χ0v) is 17.1. The fourth-order valence-corrected chi connectivity index (χ4v) is 3.51. The third-order valence-electron chi connectivity index (χ3n) is 5.32. The molecule has 2 fully saturated rings. The van der Waals surface area contributed by atoms with Gasteiger partial charge in [0.15, 0.2) is 5.60 Å². The number of likely N-dealkylation sites (tertiary alicyclic amines) is 1. The number of carboxylic acids is 1. The molecular weight excluding hydrogens is 433 g/mol. The van der Waals surface area contributed by atoms with E-state index in [1.54, 1.807) is 24.5 Å². The Labute approximate surface area is 181 Å². The maximum Gasteiger partial charge on any atom is 0.490 e. The van der Waals surface area contributed by atoms with E-state index in [2.05, 4.69) is 15.5 Å². The lowest BCUT2D eigenvalue weighted by molar-refractivity contribution is -0.192. The van der Waals surface area contributed by atoms with Crippen LogP contribution in [0.3, 0.4) is 0 Å². The van der Waals surface area contributed by atoms with Crippen LogP contribution in [0, 0.1) is 5.92 Å². The van der Waals surface area contributed by atoms with E-state index in [0.717, 1.165) is 19.4 Å². The van der Waals surface area contributed by atoms with Gasteiger partial charge in [-0.1, -0.05) is 5.16 Å². The first-order valence-corrected chi connectivity index (χ1v) is 10.1. The van der Waals surface area contributed by atoms with E-state index in [9.17, 15) is 22.8 Å². The van der Waals surface area contributed by atoms with Crippen LogP contribution >= 0.6 is 0 Å². The molecule has 1 spiro atoms. The molecule has 4 rings (SSSR count). The summed E-state index contributed by atoms with van der Waals surface area (Å²) < 4.78 is 31.7. The molecule has 2 N–H and O–H groups in total. The smallest absolute Gasteiger partial charge is 0.475 e. The van der Waals surface area contributed by atoms with Gasteiger partial charge in [0.05, 0.1) is 18.4 Å². The molecule has 1 aromatic heterocycles. The highest BCUT2D eigenvalue weighted by Crippen LogP contribution is 2.36. The van der Waals surface area contributed by atoms with Crippen LogP contribution in [-0.2, 0) is 19.2 Å². The van der Waals surface area contributed by atoms with Gasteiger partial charge in [0.2, 0.25) is 5.91 Å². The summed E-state index contributed by atoms with van der Waals surface area (Å²) in [7, 11) is 0. The van der Waals surface area contributed by atoms with Crippen molar-refractivity contribution in [3.05, 3.63) is 24.5 Å². The van der Waals surface area contributed by atoms with Crippen LogP contribution in [0.4, 0.5) is 18.9 Å². The van der Waals surface area contributed by atoms with E-state index < -0.39 is 17.7 Å². The van der Waals surface area contributed by atoms with Gasteiger partial charge in [0.1, 0.15) is 5.71 Å². The van der Waals surface area contributed by atoms with Crippen molar-refractivity contribution in [2.24, 2.45) is 11.1 Å². The largest absolute Gasteiger partial charge is 0.490 e. The topological polar surface area (TPSA) is 121 Å². The second-order valence-electron chi connectivity index (χ2n) is 8.05. The molecule has 1 unspecified atom stereocenters. The Morgan fingerprint density at radius 2 is 2.03 bits per heavy atom. The van der Waals surface area contributed by atoms with Crippen molar-refractivity contribution in [1.29, 1.82) is 0 Å². The molecule has 0 bridgehead atoms. The van der Waals surface area contributed by atoms with Crippen LogP contribution in [0.5, 0.6) is 0 Å². The van der Waals surface area contributed by atoms with Gasteiger partial charge in [-0.2, -0.15) is 13.2 Å². The average Bonchev–Trinajstić information content (AvgIpc) is 3.47. The summed E-state index contributed by atoms with van der Waals surface area (Å²) in [6.07, 6.45) is 3.26. The molecule has 1 saturated heterocycles. The summed E-state index contributed by atoms with van der Waals surface area (Å²) in [6, 6.07) is 3.53. The highest BCUT2D eigenvalue weighted by atomic mass is 19.4. The summed E-state index contributed by atoms with van der Waals surface area (Å²) in [5.74, 6) is -2.25. The van der Waals surface area contributed by atoms with Crippen molar-refractivity contribution >= 4 is 29.2 Å². The third-order valence-corrected chi connectivity index (χ3v) is 5.32. The standard InChI is InChI=1S/C18H22N4O3.C2HF3O2/c23-16(9-13-4-5-13)22-8-2-6-18(12-22)10-15(21-25-18)17(24)20-14-3-1-7-19-11-14;3-2(4,5)1(6)7/h1,3,7,11,13H,2,4-6,8-10,12H2,(H,20,24);(H,6,7). The predicted molar refractivity (Wildman–Crippen MR) is 106 cm³/mol. The molecule has 9 nitrogen and oxygen atoms in total. The van der Waals surface area contributed by atoms with Gasteiger partial charge < -0.3 is 20.2 Å². The number of nitrogens with one attached hydrogen (secondary N) is 1. The third kappa shape index (κ3) is 6.41. The van der Waals surface area contributed by atoms with Gasteiger partial charge in [-0.05, 0) is 43.7 Å². The highest BCUT2D eigenvalue weighted by molar-refractivity contribution is 6.43. The zero-order valence-electron chi connectivity index (χ0n) is 17.1. The maximum atomic E-state index is 12.4. The zero-order chi connectivity index (χ0) is 23.4. The van der Waals surface area contributed by atoms with E-state index in [4.69, 9.17) is 14.7 Å². The molecule has 1 saturated carbocycles. The van der Waals surface area contributed by atoms with Crippen LogP contribution in [0.25, 0.3) is 0 Å². The van der Waals surface area contributed by atoms with Crippen LogP contribution in [0.15, 0.2) is 29.7 Å². The lowest BCUT2D eigenvalue weighted by Gasteiger charge is -2.38. The van der Waals surface area contributed by atoms with Crippen molar-refractivity contribution in [2.75, 3.05) is 18.4 Å². The fourth-order valence-electron chi connectivity index (χ4n) is 3.51. The SMILES string of the molecule is O=C(Nc1cccnc1)C1=NOC2(CCCN(C(=O)CC3CC3)C2)C1.O=C(O)C(F)(F)F.